The number of ether oxygens (including phenoxy) is 2. The third kappa shape index (κ3) is 5.80. The number of nitrogens with zero attached hydrogens (tertiary/aromatic N) is 3. The summed E-state index contributed by atoms with van der Waals surface area (Å²) in [5.41, 5.74) is 1.64. The Morgan fingerprint density at radius 2 is 2.00 bits per heavy atom. The van der Waals surface area contributed by atoms with Crippen molar-refractivity contribution in [2.45, 2.75) is 38.3 Å². The van der Waals surface area contributed by atoms with Gasteiger partial charge in [0.2, 0.25) is 0 Å². The van der Waals surface area contributed by atoms with Gasteiger partial charge in [0.25, 0.3) is 5.91 Å². The van der Waals surface area contributed by atoms with Crippen LogP contribution in [0, 0.1) is 5.92 Å². The molecule has 2 aliphatic rings. The minimum absolute atomic E-state index is 0.0550. The molecule has 0 N–H and O–H groups in total. The Morgan fingerprint density at radius 1 is 1.12 bits per heavy atom. The molecule has 2 aromatic rings. The molecule has 1 aromatic heterocycles. The van der Waals surface area contributed by atoms with Crippen molar-refractivity contribution in [3.63, 3.8) is 0 Å². The fourth-order valence-corrected chi connectivity index (χ4v) is 4.86. The van der Waals surface area contributed by atoms with Gasteiger partial charge in [-0.2, -0.15) is 0 Å². The highest BCUT2D eigenvalue weighted by Gasteiger charge is 2.32. The Hall–Kier alpha value is -2.15. The van der Waals surface area contributed by atoms with E-state index < -0.39 is 0 Å². The topological polar surface area (TPSA) is 54.9 Å². The van der Waals surface area contributed by atoms with Crippen molar-refractivity contribution in [1.29, 1.82) is 0 Å². The number of piperidine rings is 1. The Kier molecular flexibility index (Phi) is 8.00. The lowest BCUT2D eigenvalue weighted by atomic mass is 9.89. The van der Waals surface area contributed by atoms with Crippen LogP contribution in [-0.4, -0.2) is 66.7 Å². The molecule has 1 aromatic carbocycles. The number of hydrogen-bond donors (Lipinski definition) is 0. The molecule has 7 heteroatoms. The number of carbonyl (C=O) groups is 1. The van der Waals surface area contributed by atoms with Crippen molar-refractivity contribution >= 4 is 17.5 Å². The van der Waals surface area contributed by atoms with E-state index in [-0.39, 0.29) is 12.0 Å². The molecule has 1 amide bonds. The summed E-state index contributed by atoms with van der Waals surface area (Å²) >= 11 is 5.99. The number of halogens is 1. The highest BCUT2D eigenvalue weighted by atomic mass is 35.5. The van der Waals surface area contributed by atoms with Gasteiger partial charge in [-0.15, -0.1) is 0 Å². The molecule has 0 saturated carbocycles. The van der Waals surface area contributed by atoms with E-state index in [0.29, 0.717) is 28.9 Å². The average Bonchev–Trinajstić information content (AvgIpc) is 2.82. The third-order valence-electron chi connectivity index (χ3n) is 6.51. The Balaban J connectivity index is 1.52. The highest BCUT2D eigenvalue weighted by molar-refractivity contribution is 6.30. The fraction of sp³-hybridized carbons (Fsp3) is 0.520. The fourth-order valence-electron chi connectivity index (χ4n) is 4.75. The summed E-state index contributed by atoms with van der Waals surface area (Å²) in [7, 11) is 1.79. The van der Waals surface area contributed by atoms with E-state index in [9.17, 15) is 4.79 Å². The van der Waals surface area contributed by atoms with Crippen LogP contribution < -0.4 is 4.74 Å². The van der Waals surface area contributed by atoms with Crippen LogP contribution in [0.5, 0.6) is 5.75 Å². The molecular formula is C25H32ClN3O3. The maximum Gasteiger partial charge on any atom is 0.257 e. The van der Waals surface area contributed by atoms with Crippen molar-refractivity contribution < 1.29 is 14.3 Å². The lowest BCUT2D eigenvalue weighted by molar-refractivity contribution is -0.00702. The van der Waals surface area contributed by atoms with Crippen LogP contribution in [0.25, 0.3) is 0 Å². The smallest absolute Gasteiger partial charge is 0.257 e. The second-order valence-electron chi connectivity index (χ2n) is 8.66. The predicted octanol–water partition coefficient (Wildman–Crippen LogP) is 4.28. The van der Waals surface area contributed by atoms with Crippen LogP contribution in [0.3, 0.4) is 0 Å². The van der Waals surface area contributed by atoms with E-state index in [1.807, 2.05) is 41.3 Å². The Morgan fingerprint density at radius 3 is 2.81 bits per heavy atom. The minimum Gasteiger partial charge on any atom is -0.491 e. The molecule has 2 bridgehead atoms. The average molecular weight is 458 g/mol. The van der Waals surface area contributed by atoms with Gasteiger partial charge in [0.1, 0.15) is 12.4 Å². The summed E-state index contributed by atoms with van der Waals surface area (Å²) in [6, 6.07) is 11.4. The van der Waals surface area contributed by atoms with Gasteiger partial charge in [-0.05, 0) is 50.1 Å². The molecule has 4 rings (SSSR count). The first-order valence-corrected chi connectivity index (χ1v) is 11.9. The lowest BCUT2D eigenvalue weighted by Gasteiger charge is -2.38. The summed E-state index contributed by atoms with van der Waals surface area (Å²) in [5, 5.41) is 0.647. The van der Waals surface area contributed by atoms with E-state index in [1.165, 1.54) is 0 Å². The summed E-state index contributed by atoms with van der Waals surface area (Å²) in [5.74, 6) is 1.07. The van der Waals surface area contributed by atoms with Gasteiger partial charge in [-0.25, -0.2) is 0 Å². The first-order chi connectivity index (χ1) is 15.6. The SMILES string of the molecule is CO[C@H]1CCN2C[C@H]1CCCCN(Cc1ccc(Cl)cn1)CCOc1ccccc1C2=O. The summed E-state index contributed by atoms with van der Waals surface area (Å²) in [6.45, 7) is 4.47. The van der Waals surface area contributed by atoms with Gasteiger partial charge < -0.3 is 14.4 Å². The molecule has 2 aliphatic heterocycles. The molecule has 1 fully saturated rings. The van der Waals surface area contributed by atoms with E-state index in [4.69, 9.17) is 21.1 Å². The van der Waals surface area contributed by atoms with Crippen molar-refractivity contribution in [2.24, 2.45) is 5.92 Å². The van der Waals surface area contributed by atoms with Crippen LogP contribution in [-0.2, 0) is 11.3 Å². The van der Waals surface area contributed by atoms with Gasteiger partial charge in [0, 0.05) is 45.4 Å². The number of para-hydroxylation sites is 1. The third-order valence-corrected chi connectivity index (χ3v) is 6.73. The Bertz CT molecular complexity index is 892. The molecule has 0 spiro atoms. The second kappa shape index (κ2) is 11.1. The number of aromatic nitrogens is 1. The minimum atomic E-state index is 0.0550. The van der Waals surface area contributed by atoms with Crippen molar-refractivity contribution in [1.82, 2.24) is 14.8 Å². The quantitative estimate of drug-likeness (QED) is 0.688. The van der Waals surface area contributed by atoms with E-state index >= 15 is 0 Å². The maximum absolute atomic E-state index is 13.3. The number of hydrogen-bond acceptors (Lipinski definition) is 5. The number of methoxy groups -OCH3 is 1. The van der Waals surface area contributed by atoms with Crippen LogP contribution in [0.2, 0.25) is 5.02 Å². The highest BCUT2D eigenvalue weighted by Crippen LogP contribution is 2.28. The standard InChI is InChI=1S/C25H32ClN3O3/c1-31-23-11-13-29-17-19(23)6-4-5-12-28(18-21-10-9-20(26)16-27-21)14-15-32-24-8-3-2-7-22(24)25(29)30/h2-3,7-10,16,19,23H,4-6,11-15,17-18H2,1H3/t19-,23+/m1/s1. The van der Waals surface area contributed by atoms with Gasteiger partial charge >= 0.3 is 0 Å². The van der Waals surface area contributed by atoms with Gasteiger partial charge in [0.15, 0.2) is 0 Å². The molecular weight excluding hydrogens is 426 g/mol. The number of fused-ring (bicyclic) bond motifs is 3. The largest absolute Gasteiger partial charge is 0.491 e. The van der Waals surface area contributed by atoms with Crippen molar-refractivity contribution in [3.05, 3.63) is 58.9 Å². The molecule has 0 aliphatic carbocycles. The molecule has 3 heterocycles. The van der Waals surface area contributed by atoms with Crippen LogP contribution in [0.4, 0.5) is 0 Å². The van der Waals surface area contributed by atoms with Crippen molar-refractivity contribution in [2.75, 3.05) is 39.9 Å². The lowest BCUT2D eigenvalue weighted by Crippen LogP contribution is -2.46. The number of amides is 1. The zero-order valence-corrected chi connectivity index (χ0v) is 19.5. The van der Waals surface area contributed by atoms with Gasteiger partial charge in [0.05, 0.1) is 22.4 Å². The zero-order valence-electron chi connectivity index (χ0n) is 18.7. The normalized spacial score (nSPS) is 23.2. The molecule has 2 atom stereocenters. The summed E-state index contributed by atoms with van der Waals surface area (Å²) in [6.07, 6.45) is 6.05. The predicted molar refractivity (Wildman–Crippen MR) is 125 cm³/mol. The van der Waals surface area contributed by atoms with Crippen LogP contribution >= 0.6 is 11.6 Å². The Labute approximate surface area is 195 Å². The molecule has 6 nitrogen and oxygen atoms in total. The molecule has 0 unspecified atom stereocenters. The molecule has 0 radical (unpaired) electrons. The van der Waals surface area contributed by atoms with Crippen LogP contribution in [0.1, 0.15) is 41.7 Å². The van der Waals surface area contributed by atoms with Gasteiger partial charge in [-0.3, -0.25) is 14.7 Å². The van der Waals surface area contributed by atoms with E-state index in [0.717, 1.165) is 64.1 Å². The van der Waals surface area contributed by atoms with Gasteiger partial charge in [-0.1, -0.05) is 30.2 Å². The number of rotatable bonds is 3. The first-order valence-electron chi connectivity index (χ1n) is 11.5. The number of carbonyl (C=O) groups excluding carboxylic acids is 1. The molecule has 172 valence electrons. The number of benzene rings is 1. The monoisotopic (exact) mass is 457 g/mol. The molecule has 1 saturated heterocycles. The second-order valence-corrected chi connectivity index (χ2v) is 9.09. The summed E-state index contributed by atoms with van der Waals surface area (Å²) in [4.78, 5) is 22.1. The van der Waals surface area contributed by atoms with E-state index in [1.54, 1.807) is 13.3 Å². The van der Waals surface area contributed by atoms with Crippen LogP contribution in [0.15, 0.2) is 42.6 Å². The van der Waals surface area contributed by atoms with E-state index in [2.05, 4.69) is 9.88 Å². The zero-order chi connectivity index (χ0) is 22.3. The maximum atomic E-state index is 13.3. The summed E-state index contributed by atoms with van der Waals surface area (Å²) < 4.78 is 11.9. The number of pyridine rings is 1. The first kappa shape index (κ1) is 23.0. The van der Waals surface area contributed by atoms with Crippen molar-refractivity contribution in [3.8, 4) is 5.75 Å². The molecule has 32 heavy (non-hydrogen) atoms.